The molecule has 0 radical (unpaired) electrons. The molecule has 0 bridgehead atoms. The van der Waals surface area contributed by atoms with Crippen molar-refractivity contribution in [2.75, 3.05) is 0 Å². The Morgan fingerprint density at radius 1 is 1.64 bits per heavy atom. The Morgan fingerprint density at radius 2 is 2.29 bits per heavy atom. The maximum Gasteiger partial charge on any atom is 0.280 e. The van der Waals surface area contributed by atoms with Crippen LogP contribution < -0.4 is 0 Å². The summed E-state index contributed by atoms with van der Waals surface area (Å²) in [6.45, 7) is 0. The molecule has 0 saturated carbocycles. The Kier molecular flexibility index (Phi) is 4.01. The van der Waals surface area contributed by atoms with E-state index in [9.17, 15) is 8.78 Å². The first-order valence-electron chi connectivity index (χ1n) is 3.53. The molecule has 0 unspecified atom stereocenters. The number of rotatable bonds is 2. The van der Waals surface area contributed by atoms with Crippen LogP contribution in [0.25, 0.3) is 0 Å². The summed E-state index contributed by atoms with van der Waals surface area (Å²) >= 11 is 7.37. The molecule has 1 heterocycles. The molecule has 0 saturated heterocycles. The van der Waals surface area contributed by atoms with E-state index in [-0.39, 0.29) is 17.0 Å². The summed E-state index contributed by atoms with van der Waals surface area (Å²) in [6, 6.07) is 1.84. The highest BCUT2D eigenvalue weighted by atomic mass is 127. The number of alkyl halides is 3. The molecule has 0 amide bonds. The van der Waals surface area contributed by atoms with Gasteiger partial charge in [0.15, 0.2) is 0 Å². The van der Waals surface area contributed by atoms with E-state index in [0.29, 0.717) is 3.57 Å². The Balaban J connectivity index is 3.42. The molecule has 2 nitrogen and oxygen atoms in total. The fraction of sp³-hybridized carbons (Fsp3) is 0.250. The van der Waals surface area contributed by atoms with E-state index >= 15 is 0 Å². The first-order chi connectivity index (χ1) is 6.61. The summed E-state index contributed by atoms with van der Waals surface area (Å²) in [7, 11) is 0. The van der Waals surface area contributed by atoms with Gasteiger partial charge in [0.25, 0.3) is 6.43 Å². The second-order valence-electron chi connectivity index (χ2n) is 2.39. The summed E-state index contributed by atoms with van der Waals surface area (Å²) in [6.07, 6.45) is -1.45. The van der Waals surface area contributed by atoms with Crippen LogP contribution in [-0.4, -0.2) is 4.98 Å². The monoisotopic (exact) mass is 328 g/mol. The van der Waals surface area contributed by atoms with Gasteiger partial charge >= 0.3 is 0 Å². The van der Waals surface area contributed by atoms with Crippen LogP contribution in [-0.2, 0) is 5.88 Å². The minimum absolute atomic E-state index is 0.121. The maximum atomic E-state index is 12.4. The molecule has 1 aromatic heterocycles. The van der Waals surface area contributed by atoms with Crippen LogP contribution in [0.2, 0.25) is 0 Å². The van der Waals surface area contributed by atoms with Gasteiger partial charge in [0.1, 0.15) is 11.8 Å². The van der Waals surface area contributed by atoms with Crippen LogP contribution in [0.4, 0.5) is 8.78 Å². The zero-order valence-electron chi connectivity index (χ0n) is 6.77. The van der Waals surface area contributed by atoms with Crippen LogP contribution in [0, 0.1) is 14.9 Å². The fourth-order valence-electron chi connectivity index (χ4n) is 0.985. The SMILES string of the molecule is N#Cc1c(I)cnc(C(F)F)c1CCl. The number of aromatic nitrogens is 1. The fourth-order valence-corrected chi connectivity index (χ4v) is 1.84. The van der Waals surface area contributed by atoms with Crippen molar-refractivity contribution in [3.63, 3.8) is 0 Å². The molecule has 1 rings (SSSR count). The van der Waals surface area contributed by atoms with E-state index in [1.165, 1.54) is 6.20 Å². The lowest BCUT2D eigenvalue weighted by Gasteiger charge is -2.07. The minimum atomic E-state index is -2.70. The number of halogens is 4. The van der Waals surface area contributed by atoms with Crippen LogP contribution in [0.1, 0.15) is 23.2 Å². The van der Waals surface area contributed by atoms with Crippen molar-refractivity contribution in [1.82, 2.24) is 4.98 Å². The van der Waals surface area contributed by atoms with Gasteiger partial charge in [-0.3, -0.25) is 4.98 Å². The van der Waals surface area contributed by atoms with Gasteiger partial charge in [-0.2, -0.15) is 5.26 Å². The van der Waals surface area contributed by atoms with Gasteiger partial charge in [0.2, 0.25) is 0 Å². The molecule has 0 N–H and O–H groups in total. The molecular formula is C8H4ClF2IN2. The number of hydrogen-bond donors (Lipinski definition) is 0. The van der Waals surface area contributed by atoms with Crippen molar-refractivity contribution in [2.45, 2.75) is 12.3 Å². The van der Waals surface area contributed by atoms with E-state index in [4.69, 9.17) is 16.9 Å². The van der Waals surface area contributed by atoms with Crippen LogP contribution >= 0.6 is 34.2 Å². The number of hydrogen-bond acceptors (Lipinski definition) is 2. The molecule has 0 aliphatic heterocycles. The third kappa shape index (κ3) is 2.12. The molecule has 0 spiro atoms. The summed E-state index contributed by atoms with van der Waals surface area (Å²) in [5.74, 6) is -0.133. The molecule has 0 aliphatic rings. The predicted octanol–water partition coefficient (Wildman–Crippen LogP) is 3.23. The lowest BCUT2D eigenvalue weighted by molar-refractivity contribution is 0.145. The van der Waals surface area contributed by atoms with E-state index in [2.05, 4.69) is 4.98 Å². The zero-order valence-corrected chi connectivity index (χ0v) is 9.68. The second-order valence-corrected chi connectivity index (χ2v) is 3.82. The number of nitriles is 1. The van der Waals surface area contributed by atoms with Crippen molar-refractivity contribution >= 4 is 34.2 Å². The van der Waals surface area contributed by atoms with Crippen LogP contribution in [0.15, 0.2) is 6.20 Å². The van der Waals surface area contributed by atoms with E-state index < -0.39 is 12.1 Å². The van der Waals surface area contributed by atoms with Gasteiger partial charge in [-0.15, -0.1) is 11.6 Å². The average molecular weight is 328 g/mol. The van der Waals surface area contributed by atoms with Gasteiger partial charge in [0, 0.05) is 15.3 Å². The Labute approximate surface area is 98.0 Å². The second kappa shape index (κ2) is 4.84. The highest BCUT2D eigenvalue weighted by molar-refractivity contribution is 14.1. The molecule has 74 valence electrons. The van der Waals surface area contributed by atoms with E-state index in [0.717, 1.165) is 0 Å². The summed E-state index contributed by atoms with van der Waals surface area (Å²) < 4.78 is 25.4. The van der Waals surface area contributed by atoms with Crippen LogP contribution in [0.3, 0.4) is 0 Å². The Bertz CT molecular complexity index is 390. The third-order valence-electron chi connectivity index (χ3n) is 1.62. The van der Waals surface area contributed by atoms with Gasteiger partial charge in [-0.25, -0.2) is 8.78 Å². The first kappa shape index (κ1) is 11.6. The predicted molar refractivity (Wildman–Crippen MR) is 56.2 cm³/mol. The van der Waals surface area contributed by atoms with E-state index in [1.54, 1.807) is 0 Å². The Hall–Kier alpha value is -0.480. The highest BCUT2D eigenvalue weighted by Gasteiger charge is 2.19. The minimum Gasteiger partial charge on any atom is -0.254 e. The molecule has 0 aromatic carbocycles. The summed E-state index contributed by atoms with van der Waals surface area (Å²) in [5.41, 5.74) is -0.0982. The summed E-state index contributed by atoms with van der Waals surface area (Å²) in [5, 5.41) is 8.75. The number of nitrogens with zero attached hydrogens (tertiary/aromatic N) is 2. The normalized spacial score (nSPS) is 10.3. The number of pyridine rings is 1. The van der Waals surface area contributed by atoms with Crippen LogP contribution in [0.5, 0.6) is 0 Å². The lowest BCUT2D eigenvalue weighted by Crippen LogP contribution is -2.02. The Morgan fingerprint density at radius 3 is 2.71 bits per heavy atom. The molecular weight excluding hydrogens is 324 g/mol. The average Bonchev–Trinajstić information content (AvgIpc) is 2.16. The molecule has 0 fully saturated rings. The quantitative estimate of drug-likeness (QED) is 0.617. The molecule has 1 aromatic rings. The van der Waals surface area contributed by atoms with Crippen molar-refractivity contribution in [2.24, 2.45) is 0 Å². The van der Waals surface area contributed by atoms with Gasteiger partial charge < -0.3 is 0 Å². The topological polar surface area (TPSA) is 36.7 Å². The van der Waals surface area contributed by atoms with E-state index in [1.807, 2.05) is 28.7 Å². The molecule has 6 heteroatoms. The first-order valence-corrected chi connectivity index (χ1v) is 5.14. The summed E-state index contributed by atoms with van der Waals surface area (Å²) in [4.78, 5) is 3.56. The van der Waals surface area contributed by atoms with Gasteiger partial charge in [-0.1, -0.05) is 0 Å². The van der Waals surface area contributed by atoms with Crippen molar-refractivity contribution < 1.29 is 8.78 Å². The maximum absolute atomic E-state index is 12.4. The molecule has 0 aliphatic carbocycles. The van der Waals surface area contributed by atoms with Crippen molar-refractivity contribution in [3.05, 3.63) is 26.6 Å². The standard InChI is InChI=1S/C8H4ClF2IN2/c9-1-4-5(2-13)6(12)3-14-7(4)8(10)11/h3,8H,1H2. The third-order valence-corrected chi connectivity index (χ3v) is 2.70. The zero-order chi connectivity index (χ0) is 10.7. The molecule has 14 heavy (non-hydrogen) atoms. The van der Waals surface area contributed by atoms with Gasteiger partial charge in [0.05, 0.1) is 11.4 Å². The molecule has 0 atom stereocenters. The van der Waals surface area contributed by atoms with Gasteiger partial charge in [-0.05, 0) is 22.6 Å². The van der Waals surface area contributed by atoms with Crippen molar-refractivity contribution in [3.8, 4) is 6.07 Å². The van der Waals surface area contributed by atoms with Crippen molar-refractivity contribution in [1.29, 1.82) is 5.26 Å². The largest absolute Gasteiger partial charge is 0.280 e. The lowest BCUT2D eigenvalue weighted by atomic mass is 10.1. The smallest absolute Gasteiger partial charge is 0.254 e. The highest BCUT2D eigenvalue weighted by Crippen LogP contribution is 2.27.